The van der Waals surface area contributed by atoms with Gasteiger partial charge in [-0.05, 0) is 54.0 Å². The highest BCUT2D eigenvalue weighted by Gasteiger charge is 2.13. The van der Waals surface area contributed by atoms with Gasteiger partial charge in [-0.25, -0.2) is 4.98 Å². The maximum absolute atomic E-state index is 12.1. The molecule has 0 saturated heterocycles. The Bertz CT molecular complexity index is 563. The molecule has 1 N–H and O–H groups in total. The van der Waals surface area contributed by atoms with Crippen molar-refractivity contribution in [3.8, 4) is 0 Å². The maximum Gasteiger partial charge on any atom is 0.273 e. The number of anilines is 1. The second kappa shape index (κ2) is 5.35. The summed E-state index contributed by atoms with van der Waals surface area (Å²) in [5.41, 5.74) is 0.631. The SMILES string of the molecule is CC(C)n1cccc1C(=O)Nc1cccc(Br)n1. The van der Waals surface area contributed by atoms with Gasteiger partial charge in [0, 0.05) is 12.2 Å². The fourth-order valence-corrected chi connectivity index (χ4v) is 2.04. The quantitative estimate of drug-likeness (QED) is 0.883. The lowest BCUT2D eigenvalue weighted by molar-refractivity contribution is 0.101. The Hall–Kier alpha value is -1.62. The van der Waals surface area contributed by atoms with Gasteiger partial charge < -0.3 is 9.88 Å². The van der Waals surface area contributed by atoms with Crippen LogP contribution in [0.2, 0.25) is 0 Å². The molecule has 0 bridgehead atoms. The summed E-state index contributed by atoms with van der Waals surface area (Å²) >= 11 is 3.27. The topological polar surface area (TPSA) is 46.9 Å². The van der Waals surface area contributed by atoms with Crippen molar-refractivity contribution in [2.45, 2.75) is 19.9 Å². The van der Waals surface area contributed by atoms with Crippen LogP contribution in [0.25, 0.3) is 0 Å². The van der Waals surface area contributed by atoms with Crippen molar-refractivity contribution in [1.82, 2.24) is 9.55 Å². The fraction of sp³-hybridized carbons (Fsp3) is 0.231. The zero-order valence-corrected chi connectivity index (χ0v) is 11.8. The van der Waals surface area contributed by atoms with E-state index in [2.05, 4.69) is 26.2 Å². The van der Waals surface area contributed by atoms with E-state index >= 15 is 0 Å². The molecule has 0 unspecified atom stereocenters. The fourth-order valence-electron chi connectivity index (χ4n) is 1.69. The minimum absolute atomic E-state index is 0.153. The molecule has 5 heteroatoms. The molecule has 94 valence electrons. The van der Waals surface area contributed by atoms with Crippen LogP contribution in [0.3, 0.4) is 0 Å². The van der Waals surface area contributed by atoms with E-state index in [0.29, 0.717) is 16.1 Å². The second-order valence-corrected chi connectivity index (χ2v) is 5.01. The number of hydrogen-bond donors (Lipinski definition) is 1. The number of nitrogens with one attached hydrogen (secondary N) is 1. The zero-order chi connectivity index (χ0) is 13.1. The Kier molecular flexibility index (Phi) is 3.81. The predicted molar refractivity (Wildman–Crippen MR) is 74.7 cm³/mol. The Morgan fingerprint density at radius 3 is 2.78 bits per heavy atom. The largest absolute Gasteiger partial charge is 0.341 e. The van der Waals surface area contributed by atoms with E-state index in [9.17, 15) is 4.79 Å². The Labute approximate surface area is 114 Å². The van der Waals surface area contributed by atoms with Gasteiger partial charge in [0.05, 0.1) is 0 Å². The standard InChI is InChI=1S/C13H14BrN3O/c1-9(2)17-8-4-5-10(17)13(18)16-12-7-3-6-11(14)15-12/h3-9H,1-2H3,(H,15,16,18). The van der Waals surface area contributed by atoms with Crippen molar-refractivity contribution in [1.29, 1.82) is 0 Å². The maximum atomic E-state index is 12.1. The summed E-state index contributed by atoms with van der Waals surface area (Å²) < 4.78 is 2.62. The van der Waals surface area contributed by atoms with Crippen LogP contribution in [0.4, 0.5) is 5.82 Å². The summed E-state index contributed by atoms with van der Waals surface area (Å²) in [5.74, 6) is 0.380. The van der Waals surface area contributed by atoms with E-state index < -0.39 is 0 Å². The third-order valence-electron chi connectivity index (χ3n) is 2.52. The van der Waals surface area contributed by atoms with Crippen LogP contribution in [0.5, 0.6) is 0 Å². The molecule has 0 saturated carbocycles. The van der Waals surface area contributed by atoms with E-state index in [1.807, 2.05) is 42.8 Å². The Morgan fingerprint density at radius 1 is 1.33 bits per heavy atom. The number of carbonyl (C=O) groups is 1. The van der Waals surface area contributed by atoms with Gasteiger partial charge in [-0.2, -0.15) is 0 Å². The van der Waals surface area contributed by atoms with Gasteiger partial charge in [0.1, 0.15) is 16.1 Å². The highest BCUT2D eigenvalue weighted by molar-refractivity contribution is 9.10. The van der Waals surface area contributed by atoms with Crippen LogP contribution in [-0.2, 0) is 0 Å². The second-order valence-electron chi connectivity index (χ2n) is 4.19. The number of halogens is 1. The molecule has 4 nitrogen and oxygen atoms in total. The third-order valence-corrected chi connectivity index (χ3v) is 2.97. The van der Waals surface area contributed by atoms with Crippen LogP contribution in [0.15, 0.2) is 41.1 Å². The average molecular weight is 308 g/mol. The number of aromatic nitrogens is 2. The minimum atomic E-state index is -0.153. The lowest BCUT2D eigenvalue weighted by Gasteiger charge is -2.12. The van der Waals surface area contributed by atoms with Crippen molar-refractivity contribution < 1.29 is 4.79 Å². The lowest BCUT2D eigenvalue weighted by Crippen LogP contribution is -2.18. The first kappa shape index (κ1) is 12.8. The van der Waals surface area contributed by atoms with Crippen LogP contribution in [-0.4, -0.2) is 15.5 Å². The molecule has 2 aromatic heterocycles. The number of hydrogen-bond acceptors (Lipinski definition) is 2. The van der Waals surface area contributed by atoms with Crippen LogP contribution < -0.4 is 5.32 Å². The van der Waals surface area contributed by atoms with Crippen molar-refractivity contribution in [3.05, 3.63) is 46.8 Å². The molecule has 0 aliphatic carbocycles. The predicted octanol–water partition coefficient (Wildman–Crippen LogP) is 3.48. The highest BCUT2D eigenvalue weighted by Crippen LogP contribution is 2.14. The van der Waals surface area contributed by atoms with Crippen LogP contribution >= 0.6 is 15.9 Å². The molecule has 0 aliphatic heterocycles. The Balaban J connectivity index is 2.20. The van der Waals surface area contributed by atoms with E-state index in [-0.39, 0.29) is 11.9 Å². The smallest absolute Gasteiger partial charge is 0.273 e. The van der Waals surface area contributed by atoms with Gasteiger partial charge >= 0.3 is 0 Å². The van der Waals surface area contributed by atoms with E-state index in [4.69, 9.17) is 0 Å². The molecule has 0 atom stereocenters. The number of nitrogens with zero attached hydrogens (tertiary/aromatic N) is 2. The molecule has 1 amide bonds. The van der Waals surface area contributed by atoms with Gasteiger partial charge in [-0.15, -0.1) is 0 Å². The molecule has 0 aliphatic rings. The molecular weight excluding hydrogens is 294 g/mol. The highest BCUT2D eigenvalue weighted by atomic mass is 79.9. The summed E-state index contributed by atoms with van der Waals surface area (Å²) in [6.45, 7) is 4.07. The summed E-state index contributed by atoms with van der Waals surface area (Å²) in [6.07, 6.45) is 1.90. The zero-order valence-electron chi connectivity index (χ0n) is 10.2. The molecule has 0 radical (unpaired) electrons. The van der Waals surface area contributed by atoms with Crippen molar-refractivity contribution in [3.63, 3.8) is 0 Å². The average Bonchev–Trinajstić information content (AvgIpc) is 2.77. The molecule has 0 fully saturated rings. The third kappa shape index (κ3) is 2.79. The first-order valence-electron chi connectivity index (χ1n) is 5.68. The minimum Gasteiger partial charge on any atom is -0.341 e. The molecule has 0 spiro atoms. The number of amides is 1. The molecule has 0 aromatic carbocycles. The summed E-state index contributed by atoms with van der Waals surface area (Å²) in [4.78, 5) is 16.3. The van der Waals surface area contributed by atoms with Crippen molar-refractivity contribution in [2.24, 2.45) is 0 Å². The summed E-state index contributed by atoms with van der Waals surface area (Å²) in [7, 11) is 0. The van der Waals surface area contributed by atoms with Gasteiger partial charge in [0.15, 0.2) is 0 Å². The van der Waals surface area contributed by atoms with E-state index in [1.54, 1.807) is 12.1 Å². The molecule has 2 heterocycles. The van der Waals surface area contributed by atoms with Crippen LogP contribution in [0.1, 0.15) is 30.4 Å². The van der Waals surface area contributed by atoms with E-state index in [0.717, 1.165) is 0 Å². The van der Waals surface area contributed by atoms with Gasteiger partial charge in [0.2, 0.25) is 0 Å². The summed E-state index contributed by atoms with van der Waals surface area (Å²) in [6, 6.07) is 9.30. The molecule has 2 rings (SSSR count). The van der Waals surface area contributed by atoms with Gasteiger partial charge in [0.25, 0.3) is 5.91 Å². The van der Waals surface area contributed by atoms with Crippen molar-refractivity contribution in [2.75, 3.05) is 5.32 Å². The Morgan fingerprint density at radius 2 is 2.11 bits per heavy atom. The lowest BCUT2D eigenvalue weighted by atomic mass is 10.3. The molecular formula is C13H14BrN3O. The van der Waals surface area contributed by atoms with Gasteiger partial charge in [-0.3, -0.25) is 4.79 Å². The molecule has 18 heavy (non-hydrogen) atoms. The summed E-state index contributed by atoms with van der Waals surface area (Å²) in [5, 5.41) is 2.78. The monoisotopic (exact) mass is 307 g/mol. The van der Waals surface area contributed by atoms with Crippen molar-refractivity contribution >= 4 is 27.7 Å². The number of rotatable bonds is 3. The first-order valence-corrected chi connectivity index (χ1v) is 6.48. The number of carbonyl (C=O) groups excluding carboxylic acids is 1. The molecule has 2 aromatic rings. The first-order chi connectivity index (χ1) is 8.58. The van der Waals surface area contributed by atoms with Gasteiger partial charge in [-0.1, -0.05) is 6.07 Å². The number of pyridine rings is 1. The van der Waals surface area contributed by atoms with Crippen LogP contribution in [0, 0.1) is 0 Å². The normalized spacial score (nSPS) is 10.7. The van der Waals surface area contributed by atoms with E-state index in [1.165, 1.54) is 0 Å².